The van der Waals surface area contributed by atoms with Crippen LogP contribution in [-0.4, -0.2) is 87.7 Å². The van der Waals surface area contributed by atoms with Crippen molar-refractivity contribution in [1.82, 2.24) is 0 Å². The van der Waals surface area contributed by atoms with Crippen LogP contribution in [0.1, 0.15) is 97.8 Å². The minimum Gasteiger partial charge on any atom is -0.370 e. The van der Waals surface area contributed by atoms with Crippen molar-refractivity contribution in [3.8, 4) is 0 Å². The maximum absolute atomic E-state index is 15.9. The van der Waals surface area contributed by atoms with Crippen LogP contribution in [0.4, 0.5) is 92.2 Å². The van der Waals surface area contributed by atoms with Gasteiger partial charge in [-0.15, -0.1) is 0 Å². The molecular weight excluding hydrogens is 811 g/mol. The minimum atomic E-state index is -9.24. The largest absolute Gasteiger partial charge is 0.582 e. The summed E-state index contributed by atoms with van der Waals surface area (Å²) in [5, 5.41) is 0. The summed E-state index contributed by atoms with van der Waals surface area (Å²) in [6.45, 7) is 1.42. The molecule has 0 spiro atoms. The molecule has 0 atom stereocenters. The normalized spacial score (nSPS) is 15.4. The van der Waals surface area contributed by atoms with E-state index in [1.165, 1.54) is 0 Å². The summed E-state index contributed by atoms with van der Waals surface area (Å²) in [6, 6.07) is 0. The van der Waals surface area contributed by atoms with Gasteiger partial charge in [-0.2, -0.15) is 92.2 Å². The predicted octanol–water partition coefficient (Wildman–Crippen LogP) is 12.5. The van der Waals surface area contributed by atoms with E-state index in [4.69, 9.17) is 13.3 Å². The first-order valence-corrected chi connectivity index (χ1v) is 17.8. The Balaban J connectivity index is 7.47. The van der Waals surface area contributed by atoms with Gasteiger partial charge >= 0.3 is 67.9 Å². The molecule has 0 heterocycles. The van der Waals surface area contributed by atoms with Gasteiger partial charge in [0.15, 0.2) is 0 Å². The molecule has 0 aliphatic heterocycles. The highest BCUT2D eigenvalue weighted by molar-refractivity contribution is 6.63. The van der Waals surface area contributed by atoms with Crippen molar-refractivity contribution in [2.75, 3.05) is 19.8 Å². The lowest BCUT2D eigenvalue weighted by atomic mass is 9.87. The van der Waals surface area contributed by atoms with Gasteiger partial charge < -0.3 is 13.3 Å². The highest BCUT2D eigenvalue weighted by Crippen LogP contribution is 2.66. The molecule has 0 N–H and O–H groups in total. The molecule has 0 aromatic rings. The first kappa shape index (κ1) is 51.6. The standard InChI is InChI=1S/C28H39F21O3Si/c1-4-7-10-13-16-50-53(51-17-14-11-8-5-2,52-18-15-12-9-6-3)28(48,49)26(43,44)24(39,40)22(35,36)20(31,32)19(29,30)21(33,34)23(37,38)25(41,42)27(45,46)47/h4-18H2,1-3H3. The maximum atomic E-state index is 15.9. The lowest BCUT2D eigenvalue weighted by molar-refractivity contribution is -0.473. The Morgan fingerprint density at radius 3 is 0.755 bits per heavy atom. The SMILES string of the molecule is CCCCCCO[Si](OCCCCCC)(OCCCCCC)C(F)(F)C(F)(F)C(F)(F)C(F)(F)C(F)(F)C(F)(F)C(F)(F)C(F)(F)C(F)(F)C(F)(F)F. The number of unbranched alkanes of at least 4 members (excludes halogenated alkanes) is 9. The molecule has 0 aromatic carbocycles. The van der Waals surface area contributed by atoms with Crippen LogP contribution in [0, 0.1) is 0 Å². The second-order valence-corrected chi connectivity index (χ2v) is 14.6. The third-order valence-corrected chi connectivity index (χ3v) is 10.6. The molecule has 0 fully saturated rings. The minimum absolute atomic E-state index is 0.0533. The van der Waals surface area contributed by atoms with Gasteiger partial charge in [0.2, 0.25) is 0 Å². The van der Waals surface area contributed by atoms with E-state index in [1.807, 2.05) is 0 Å². The van der Waals surface area contributed by atoms with Crippen molar-refractivity contribution in [2.45, 2.75) is 157 Å². The molecule has 53 heavy (non-hydrogen) atoms. The highest BCUT2D eigenvalue weighted by Gasteiger charge is 2.99. The number of hydrogen-bond acceptors (Lipinski definition) is 3. The zero-order chi connectivity index (χ0) is 42.2. The van der Waals surface area contributed by atoms with Gasteiger partial charge in [-0.05, 0) is 19.3 Å². The molecule has 0 amide bonds. The van der Waals surface area contributed by atoms with Crippen molar-refractivity contribution in [1.29, 1.82) is 0 Å². The lowest BCUT2D eigenvalue weighted by Gasteiger charge is -2.46. The monoisotopic (exact) mass is 850 g/mol. The Labute approximate surface area is 291 Å². The number of hydrogen-bond donors (Lipinski definition) is 0. The smallest absolute Gasteiger partial charge is 0.370 e. The Hall–Kier alpha value is -1.37. The molecule has 320 valence electrons. The number of halogens is 21. The van der Waals surface area contributed by atoms with E-state index in [2.05, 4.69) is 0 Å². The van der Waals surface area contributed by atoms with Gasteiger partial charge in [0, 0.05) is 19.8 Å². The molecule has 0 rings (SSSR count). The molecule has 0 aliphatic rings. The van der Waals surface area contributed by atoms with Crippen LogP contribution in [0.3, 0.4) is 0 Å². The summed E-state index contributed by atoms with van der Waals surface area (Å²) >= 11 is 0. The molecule has 0 radical (unpaired) electrons. The summed E-state index contributed by atoms with van der Waals surface area (Å²) in [5.41, 5.74) is -7.10. The molecule has 0 saturated heterocycles. The zero-order valence-corrected chi connectivity index (χ0v) is 29.3. The molecule has 3 nitrogen and oxygen atoms in total. The second kappa shape index (κ2) is 18.3. The first-order valence-electron chi connectivity index (χ1n) is 16.1. The first-order chi connectivity index (χ1) is 23.7. The van der Waals surface area contributed by atoms with E-state index in [1.54, 1.807) is 20.8 Å². The van der Waals surface area contributed by atoms with Crippen molar-refractivity contribution in [3.05, 3.63) is 0 Å². The Kier molecular flexibility index (Phi) is 17.8. The summed E-state index contributed by atoms with van der Waals surface area (Å²) in [7, 11) is -7.07. The summed E-state index contributed by atoms with van der Waals surface area (Å²) in [4.78, 5) is 0. The van der Waals surface area contributed by atoms with E-state index >= 15 is 17.6 Å². The number of alkyl halides is 21. The predicted molar refractivity (Wildman–Crippen MR) is 147 cm³/mol. The maximum Gasteiger partial charge on any atom is 0.582 e. The molecule has 0 aliphatic carbocycles. The van der Waals surface area contributed by atoms with Gasteiger partial charge in [0.25, 0.3) is 0 Å². The zero-order valence-electron chi connectivity index (χ0n) is 28.3. The summed E-state index contributed by atoms with van der Waals surface area (Å²) < 4.78 is 311. The second-order valence-electron chi connectivity index (χ2n) is 12.0. The molecule has 0 unspecified atom stereocenters. The van der Waals surface area contributed by atoms with Crippen LogP contribution in [0.5, 0.6) is 0 Å². The van der Waals surface area contributed by atoms with Crippen LogP contribution in [-0.2, 0) is 13.3 Å². The summed E-state index contributed by atoms with van der Waals surface area (Å²) in [6.07, 6.45) is -6.72. The molecule has 25 heteroatoms. The fraction of sp³-hybridized carbons (Fsp3) is 1.00. The van der Waals surface area contributed by atoms with E-state index in [-0.39, 0.29) is 38.5 Å². The highest BCUT2D eigenvalue weighted by atomic mass is 28.4. The third kappa shape index (κ3) is 9.44. The topological polar surface area (TPSA) is 27.7 Å². The fourth-order valence-electron chi connectivity index (χ4n) is 4.35. The van der Waals surface area contributed by atoms with E-state index in [9.17, 15) is 74.6 Å². The van der Waals surface area contributed by atoms with Gasteiger partial charge in [-0.3, -0.25) is 0 Å². The van der Waals surface area contributed by atoms with Gasteiger partial charge in [0.05, 0.1) is 0 Å². The van der Waals surface area contributed by atoms with Crippen molar-refractivity contribution < 1.29 is 105 Å². The summed E-state index contributed by atoms with van der Waals surface area (Å²) in [5.74, 6) is -71.1. The van der Waals surface area contributed by atoms with Crippen molar-refractivity contribution >= 4 is 8.80 Å². The van der Waals surface area contributed by atoms with E-state index < -0.39 is 87.7 Å². The van der Waals surface area contributed by atoms with Crippen LogP contribution >= 0.6 is 0 Å². The molecule has 0 aromatic heterocycles. The van der Waals surface area contributed by atoms with Gasteiger partial charge in [-0.25, -0.2) is 0 Å². The fourth-order valence-corrected chi connectivity index (χ4v) is 6.93. The number of rotatable bonds is 27. The molecular formula is C28H39F21O3Si. The third-order valence-electron chi connectivity index (χ3n) is 7.77. The van der Waals surface area contributed by atoms with E-state index in [0.717, 1.165) is 0 Å². The van der Waals surface area contributed by atoms with Crippen molar-refractivity contribution in [2.24, 2.45) is 0 Å². The van der Waals surface area contributed by atoms with Gasteiger partial charge in [0.1, 0.15) is 0 Å². The quantitative estimate of drug-likeness (QED) is 0.0468. The molecule has 0 saturated carbocycles. The Morgan fingerprint density at radius 2 is 0.528 bits per heavy atom. The van der Waals surface area contributed by atoms with Crippen LogP contribution in [0.15, 0.2) is 0 Å². The Bertz CT molecular complexity index is 1050. The van der Waals surface area contributed by atoms with Crippen LogP contribution in [0.2, 0.25) is 0 Å². The lowest BCUT2D eigenvalue weighted by Crippen LogP contribution is -2.79. The van der Waals surface area contributed by atoms with Crippen molar-refractivity contribution in [3.63, 3.8) is 0 Å². The van der Waals surface area contributed by atoms with Crippen LogP contribution in [0.25, 0.3) is 0 Å². The molecule has 0 bridgehead atoms. The average Bonchev–Trinajstić information content (AvgIpc) is 3.02. The van der Waals surface area contributed by atoms with E-state index in [0.29, 0.717) is 38.5 Å². The average molecular weight is 851 g/mol. The Morgan fingerprint density at radius 1 is 0.302 bits per heavy atom. The van der Waals surface area contributed by atoms with Crippen LogP contribution < -0.4 is 0 Å². The van der Waals surface area contributed by atoms with Gasteiger partial charge in [-0.1, -0.05) is 78.6 Å².